The number of carbonyl (C=O) groups is 1. The minimum atomic E-state index is -0.0677. The highest BCUT2D eigenvalue weighted by Gasteiger charge is 2.14. The van der Waals surface area contributed by atoms with Gasteiger partial charge in [0.15, 0.2) is 6.61 Å². The molecule has 0 atom stereocenters. The Labute approximate surface area is 125 Å². The van der Waals surface area contributed by atoms with Crippen LogP contribution in [0.5, 0.6) is 5.75 Å². The minimum absolute atomic E-state index is 0.0243. The molecule has 0 saturated heterocycles. The molecule has 0 aromatic heterocycles. The minimum Gasteiger partial charge on any atom is -0.484 e. The molecule has 0 heterocycles. The summed E-state index contributed by atoms with van der Waals surface area (Å²) in [5.41, 5.74) is 7.48. The first-order chi connectivity index (χ1) is 10.2. The quantitative estimate of drug-likeness (QED) is 0.887. The zero-order valence-corrected chi connectivity index (χ0v) is 12.2. The van der Waals surface area contributed by atoms with E-state index in [0.717, 1.165) is 11.3 Å². The second kappa shape index (κ2) is 7.45. The molecule has 2 rings (SSSR count). The average molecular weight is 284 g/mol. The van der Waals surface area contributed by atoms with Crippen LogP contribution >= 0.6 is 0 Å². The second-order valence-electron chi connectivity index (χ2n) is 4.61. The zero-order chi connectivity index (χ0) is 15.1. The van der Waals surface area contributed by atoms with E-state index in [-0.39, 0.29) is 12.5 Å². The first-order valence-electron chi connectivity index (χ1n) is 7.01. The van der Waals surface area contributed by atoms with Crippen molar-refractivity contribution in [2.75, 3.05) is 18.1 Å². The Balaban J connectivity index is 2.00. The van der Waals surface area contributed by atoms with E-state index in [1.54, 1.807) is 4.90 Å². The Bertz CT molecular complexity index is 567. The van der Waals surface area contributed by atoms with Gasteiger partial charge in [-0.2, -0.15) is 0 Å². The summed E-state index contributed by atoms with van der Waals surface area (Å²) in [5.74, 6) is 0.627. The summed E-state index contributed by atoms with van der Waals surface area (Å²) in [4.78, 5) is 14.0. The monoisotopic (exact) mass is 284 g/mol. The van der Waals surface area contributed by atoms with Gasteiger partial charge in [0.05, 0.1) is 0 Å². The SMILES string of the molecule is CCN(C(=O)COc1ccccc1)c1ccc(CN)cc1. The Morgan fingerprint density at radius 2 is 1.76 bits per heavy atom. The topological polar surface area (TPSA) is 55.6 Å². The molecular formula is C17H20N2O2. The molecule has 21 heavy (non-hydrogen) atoms. The van der Waals surface area contributed by atoms with E-state index in [1.807, 2.05) is 61.5 Å². The lowest BCUT2D eigenvalue weighted by molar-refractivity contribution is -0.120. The molecule has 0 saturated carbocycles. The normalized spacial score (nSPS) is 10.2. The van der Waals surface area contributed by atoms with Crippen LogP contribution < -0.4 is 15.4 Å². The van der Waals surface area contributed by atoms with Crippen LogP contribution in [0.1, 0.15) is 12.5 Å². The van der Waals surface area contributed by atoms with Crippen molar-refractivity contribution in [1.82, 2.24) is 0 Å². The molecule has 2 aromatic rings. The van der Waals surface area contributed by atoms with Crippen LogP contribution in [0.15, 0.2) is 54.6 Å². The standard InChI is InChI=1S/C17H20N2O2/c1-2-19(15-10-8-14(12-18)9-11-15)17(20)13-21-16-6-4-3-5-7-16/h3-11H,2,12-13,18H2,1H3. The smallest absolute Gasteiger partial charge is 0.264 e. The summed E-state index contributed by atoms with van der Waals surface area (Å²) in [5, 5.41) is 0. The largest absolute Gasteiger partial charge is 0.484 e. The highest BCUT2D eigenvalue weighted by Crippen LogP contribution is 2.16. The molecule has 0 unspecified atom stereocenters. The van der Waals surface area contributed by atoms with Gasteiger partial charge in [-0.1, -0.05) is 30.3 Å². The number of ether oxygens (including phenoxy) is 1. The van der Waals surface area contributed by atoms with Gasteiger partial charge in [-0.15, -0.1) is 0 Å². The molecule has 4 nitrogen and oxygen atoms in total. The molecule has 1 amide bonds. The van der Waals surface area contributed by atoms with E-state index in [4.69, 9.17) is 10.5 Å². The third-order valence-electron chi connectivity index (χ3n) is 3.21. The van der Waals surface area contributed by atoms with Gasteiger partial charge < -0.3 is 15.4 Å². The average Bonchev–Trinajstić information content (AvgIpc) is 2.55. The maximum Gasteiger partial charge on any atom is 0.264 e. The van der Waals surface area contributed by atoms with Crippen molar-refractivity contribution in [3.05, 3.63) is 60.2 Å². The second-order valence-corrected chi connectivity index (χ2v) is 4.61. The summed E-state index contributed by atoms with van der Waals surface area (Å²) >= 11 is 0. The number of rotatable bonds is 6. The molecule has 0 aliphatic carbocycles. The zero-order valence-electron chi connectivity index (χ0n) is 12.2. The van der Waals surface area contributed by atoms with Gasteiger partial charge in [0.25, 0.3) is 5.91 Å². The van der Waals surface area contributed by atoms with Crippen molar-refractivity contribution in [1.29, 1.82) is 0 Å². The Kier molecular flexibility index (Phi) is 5.35. The number of hydrogen-bond donors (Lipinski definition) is 1. The number of benzene rings is 2. The number of anilines is 1. The molecule has 0 aliphatic rings. The van der Waals surface area contributed by atoms with Crippen LogP contribution in [0, 0.1) is 0 Å². The number of nitrogens with two attached hydrogens (primary N) is 1. The van der Waals surface area contributed by atoms with E-state index < -0.39 is 0 Å². The predicted molar refractivity (Wildman–Crippen MR) is 84.3 cm³/mol. The van der Waals surface area contributed by atoms with Gasteiger partial charge in [-0.3, -0.25) is 4.79 Å². The number of hydrogen-bond acceptors (Lipinski definition) is 3. The fraction of sp³-hybridized carbons (Fsp3) is 0.235. The van der Waals surface area contributed by atoms with Crippen LogP contribution in [0.2, 0.25) is 0 Å². The molecule has 0 radical (unpaired) electrons. The number of likely N-dealkylation sites (N-methyl/N-ethyl adjacent to an activating group) is 1. The first-order valence-corrected chi connectivity index (χ1v) is 7.01. The van der Waals surface area contributed by atoms with Crippen LogP contribution in [0.25, 0.3) is 0 Å². The number of carbonyl (C=O) groups excluding carboxylic acids is 1. The fourth-order valence-electron chi connectivity index (χ4n) is 2.05. The van der Waals surface area contributed by atoms with Crippen LogP contribution in [0.3, 0.4) is 0 Å². The van der Waals surface area contributed by atoms with Gasteiger partial charge in [-0.25, -0.2) is 0 Å². The van der Waals surface area contributed by atoms with Crippen LogP contribution in [-0.2, 0) is 11.3 Å². The Hall–Kier alpha value is -2.33. The summed E-state index contributed by atoms with van der Waals surface area (Å²) in [6.07, 6.45) is 0. The molecule has 2 N–H and O–H groups in total. The van der Waals surface area contributed by atoms with Crippen molar-refractivity contribution in [3.8, 4) is 5.75 Å². The van der Waals surface area contributed by atoms with E-state index in [1.165, 1.54) is 0 Å². The first kappa shape index (κ1) is 15.1. The molecular weight excluding hydrogens is 264 g/mol. The van der Waals surface area contributed by atoms with Crippen molar-refractivity contribution in [3.63, 3.8) is 0 Å². The van der Waals surface area contributed by atoms with Gasteiger partial charge in [0.1, 0.15) is 5.75 Å². The third-order valence-corrected chi connectivity index (χ3v) is 3.21. The van der Waals surface area contributed by atoms with Gasteiger partial charge >= 0.3 is 0 Å². The summed E-state index contributed by atoms with van der Waals surface area (Å²) in [7, 11) is 0. The van der Waals surface area contributed by atoms with E-state index >= 15 is 0 Å². The number of para-hydroxylation sites is 1. The number of nitrogens with zero attached hydrogens (tertiary/aromatic N) is 1. The maximum absolute atomic E-state index is 12.3. The van der Waals surface area contributed by atoms with Crippen LogP contribution in [-0.4, -0.2) is 19.1 Å². The van der Waals surface area contributed by atoms with Crippen molar-refractivity contribution < 1.29 is 9.53 Å². The summed E-state index contributed by atoms with van der Waals surface area (Å²) in [6, 6.07) is 17.0. The highest BCUT2D eigenvalue weighted by atomic mass is 16.5. The lowest BCUT2D eigenvalue weighted by atomic mass is 10.2. The Morgan fingerprint density at radius 1 is 1.10 bits per heavy atom. The molecule has 0 spiro atoms. The number of amides is 1. The van der Waals surface area contributed by atoms with Gasteiger partial charge in [0.2, 0.25) is 0 Å². The maximum atomic E-state index is 12.3. The summed E-state index contributed by atoms with van der Waals surface area (Å²) < 4.78 is 5.51. The molecule has 0 aliphatic heterocycles. The molecule has 110 valence electrons. The highest BCUT2D eigenvalue weighted by molar-refractivity contribution is 5.94. The fourth-order valence-corrected chi connectivity index (χ4v) is 2.05. The lowest BCUT2D eigenvalue weighted by Crippen LogP contribution is -2.34. The van der Waals surface area contributed by atoms with Crippen molar-refractivity contribution >= 4 is 11.6 Å². The molecule has 0 fully saturated rings. The van der Waals surface area contributed by atoms with Crippen molar-refractivity contribution in [2.45, 2.75) is 13.5 Å². The van der Waals surface area contributed by atoms with Gasteiger partial charge in [-0.05, 0) is 36.8 Å². The summed E-state index contributed by atoms with van der Waals surface area (Å²) in [6.45, 7) is 3.06. The van der Waals surface area contributed by atoms with E-state index in [2.05, 4.69) is 0 Å². The van der Waals surface area contributed by atoms with E-state index in [0.29, 0.717) is 18.8 Å². The molecule has 2 aromatic carbocycles. The molecule has 4 heteroatoms. The van der Waals surface area contributed by atoms with Gasteiger partial charge in [0, 0.05) is 18.8 Å². The molecule has 0 bridgehead atoms. The van der Waals surface area contributed by atoms with Crippen molar-refractivity contribution in [2.24, 2.45) is 5.73 Å². The predicted octanol–water partition coefficient (Wildman–Crippen LogP) is 2.58. The Morgan fingerprint density at radius 3 is 2.33 bits per heavy atom. The third kappa shape index (κ3) is 4.07. The lowest BCUT2D eigenvalue weighted by Gasteiger charge is -2.21. The van der Waals surface area contributed by atoms with Crippen LogP contribution in [0.4, 0.5) is 5.69 Å². The van der Waals surface area contributed by atoms with E-state index in [9.17, 15) is 4.79 Å².